The van der Waals surface area contributed by atoms with Crippen LogP contribution in [0, 0.1) is 0 Å². The van der Waals surface area contributed by atoms with E-state index in [0.29, 0.717) is 36.3 Å². The second kappa shape index (κ2) is 15.9. The summed E-state index contributed by atoms with van der Waals surface area (Å²) in [5.74, 6) is 2.64. The lowest BCUT2D eigenvalue weighted by Gasteiger charge is -2.10. The van der Waals surface area contributed by atoms with Crippen molar-refractivity contribution in [3.63, 3.8) is 0 Å². The molecule has 5 N–H and O–H groups in total. The molecular formula is C22H27N3O8. The maximum absolute atomic E-state index is 11.8. The highest BCUT2D eigenvalue weighted by Gasteiger charge is 2.09. The van der Waals surface area contributed by atoms with Gasteiger partial charge in [-0.15, -0.1) is 0 Å². The van der Waals surface area contributed by atoms with Gasteiger partial charge >= 0.3 is 12.1 Å². The standard InChI is InChI=1S/C22H27N3O8/c1-2-21(28)32-8-6-30-4-3-5-31-7-9-33-22(29)25-13-16-10-17(19(23)14-26)12-18(11-16)20(24)15-27/h2,10-12H,1,3-9,13,23-24H2,(H,25,29). The minimum absolute atomic E-state index is 0.0388. The molecule has 0 saturated carbocycles. The number of nitrogens with one attached hydrogen (secondary N) is 1. The topological polar surface area (TPSA) is 169 Å². The molecule has 0 saturated heterocycles. The summed E-state index contributed by atoms with van der Waals surface area (Å²) in [6, 6.07) is 4.55. The average Bonchev–Trinajstić information content (AvgIpc) is 2.84. The van der Waals surface area contributed by atoms with Crippen LogP contribution in [0.25, 0.3) is 11.4 Å². The number of amides is 1. The van der Waals surface area contributed by atoms with Crippen LogP contribution in [-0.4, -0.2) is 63.6 Å². The summed E-state index contributed by atoms with van der Waals surface area (Å²) in [5.41, 5.74) is 12.0. The Morgan fingerprint density at radius 2 is 1.42 bits per heavy atom. The van der Waals surface area contributed by atoms with Crippen LogP contribution in [0.3, 0.4) is 0 Å². The quantitative estimate of drug-likeness (QED) is 0.143. The zero-order chi connectivity index (χ0) is 24.5. The molecule has 0 heterocycles. The molecule has 33 heavy (non-hydrogen) atoms. The van der Waals surface area contributed by atoms with Crippen molar-refractivity contribution in [3.05, 3.63) is 47.5 Å². The third-order valence-electron chi connectivity index (χ3n) is 3.95. The zero-order valence-corrected chi connectivity index (χ0v) is 18.1. The van der Waals surface area contributed by atoms with Crippen LogP contribution in [0.1, 0.15) is 23.1 Å². The highest BCUT2D eigenvalue weighted by molar-refractivity contribution is 5.90. The summed E-state index contributed by atoms with van der Waals surface area (Å²) in [6.45, 7) is 4.84. The van der Waals surface area contributed by atoms with Crippen LogP contribution in [0.2, 0.25) is 0 Å². The SMILES string of the molecule is C=CC(=O)OCCOCCCOCCOC(=O)NCc1cc(C(N)=C=O)cc(C(N)=C=O)c1. The minimum Gasteiger partial charge on any atom is -0.460 e. The van der Waals surface area contributed by atoms with Gasteiger partial charge < -0.3 is 35.7 Å². The van der Waals surface area contributed by atoms with Crippen LogP contribution < -0.4 is 16.8 Å². The van der Waals surface area contributed by atoms with Crippen molar-refractivity contribution in [1.82, 2.24) is 5.32 Å². The molecule has 1 aromatic rings. The summed E-state index contributed by atoms with van der Waals surface area (Å²) >= 11 is 0. The number of rotatable bonds is 15. The van der Waals surface area contributed by atoms with Gasteiger partial charge in [-0.1, -0.05) is 6.58 Å². The highest BCUT2D eigenvalue weighted by Crippen LogP contribution is 2.17. The summed E-state index contributed by atoms with van der Waals surface area (Å²) in [5, 5.41) is 2.53. The van der Waals surface area contributed by atoms with Gasteiger partial charge in [0, 0.05) is 37.0 Å². The third kappa shape index (κ3) is 11.3. The van der Waals surface area contributed by atoms with E-state index in [9.17, 15) is 19.2 Å². The van der Waals surface area contributed by atoms with Crippen molar-refractivity contribution in [1.29, 1.82) is 0 Å². The number of hydrogen-bond acceptors (Lipinski definition) is 10. The van der Waals surface area contributed by atoms with E-state index in [1.54, 1.807) is 24.0 Å². The smallest absolute Gasteiger partial charge is 0.407 e. The maximum atomic E-state index is 11.8. The van der Waals surface area contributed by atoms with Gasteiger partial charge in [0.15, 0.2) is 11.9 Å². The first-order valence-electron chi connectivity index (χ1n) is 9.92. The molecule has 1 aromatic carbocycles. The molecule has 0 fully saturated rings. The van der Waals surface area contributed by atoms with Crippen LogP contribution in [0.15, 0.2) is 30.9 Å². The van der Waals surface area contributed by atoms with Gasteiger partial charge in [-0.05, 0) is 30.2 Å². The first kappa shape index (κ1) is 27.2. The Balaban J connectivity index is 2.26. The normalized spacial score (nSPS) is 9.82. The van der Waals surface area contributed by atoms with Crippen molar-refractivity contribution in [3.8, 4) is 0 Å². The van der Waals surface area contributed by atoms with Gasteiger partial charge in [0.05, 0.1) is 13.2 Å². The monoisotopic (exact) mass is 461 g/mol. The molecule has 11 heteroatoms. The van der Waals surface area contributed by atoms with E-state index in [0.717, 1.165) is 6.08 Å². The van der Waals surface area contributed by atoms with E-state index in [1.165, 1.54) is 6.07 Å². The van der Waals surface area contributed by atoms with Crippen LogP contribution in [-0.2, 0) is 39.9 Å². The molecule has 0 atom stereocenters. The van der Waals surface area contributed by atoms with Crippen molar-refractivity contribution < 1.29 is 38.1 Å². The third-order valence-corrected chi connectivity index (χ3v) is 3.95. The number of carbonyl (C=O) groups excluding carboxylic acids is 4. The van der Waals surface area contributed by atoms with E-state index >= 15 is 0 Å². The molecule has 0 aliphatic carbocycles. The molecule has 1 amide bonds. The van der Waals surface area contributed by atoms with Gasteiger partial charge in [0.25, 0.3) is 0 Å². The fourth-order valence-electron chi connectivity index (χ4n) is 2.37. The largest absolute Gasteiger partial charge is 0.460 e. The number of nitrogens with two attached hydrogens (primary N) is 2. The molecule has 0 aliphatic heterocycles. The van der Waals surface area contributed by atoms with Crippen molar-refractivity contribution in [2.24, 2.45) is 11.5 Å². The number of carbonyl (C=O) groups is 2. The van der Waals surface area contributed by atoms with E-state index in [-0.39, 0.29) is 44.4 Å². The Kier molecular flexibility index (Phi) is 13.0. The molecule has 0 bridgehead atoms. The zero-order valence-electron chi connectivity index (χ0n) is 18.1. The Morgan fingerprint density at radius 3 is 1.94 bits per heavy atom. The van der Waals surface area contributed by atoms with E-state index < -0.39 is 12.1 Å². The summed E-state index contributed by atoms with van der Waals surface area (Å²) in [6.07, 6.45) is 1.02. The molecule has 0 aromatic heterocycles. The first-order valence-corrected chi connectivity index (χ1v) is 9.92. The van der Waals surface area contributed by atoms with Gasteiger partial charge in [-0.2, -0.15) is 0 Å². The lowest BCUT2D eigenvalue weighted by molar-refractivity contribution is -0.139. The number of alkyl carbamates (subject to hydrolysis) is 1. The summed E-state index contributed by atoms with van der Waals surface area (Å²) < 4.78 is 20.3. The minimum atomic E-state index is -0.680. The van der Waals surface area contributed by atoms with Gasteiger partial charge in [-0.25, -0.2) is 19.2 Å². The van der Waals surface area contributed by atoms with E-state index in [4.69, 9.17) is 30.4 Å². The average molecular weight is 461 g/mol. The van der Waals surface area contributed by atoms with Crippen LogP contribution in [0.5, 0.6) is 0 Å². The summed E-state index contributed by atoms with van der Waals surface area (Å²) in [7, 11) is 0. The Morgan fingerprint density at radius 1 is 0.879 bits per heavy atom. The second-order valence-electron chi connectivity index (χ2n) is 6.39. The second-order valence-corrected chi connectivity index (χ2v) is 6.39. The van der Waals surface area contributed by atoms with E-state index in [2.05, 4.69) is 11.9 Å². The van der Waals surface area contributed by atoms with Crippen molar-refractivity contribution in [2.75, 3.05) is 39.6 Å². The lowest BCUT2D eigenvalue weighted by atomic mass is 10.0. The summed E-state index contributed by atoms with van der Waals surface area (Å²) in [4.78, 5) is 44.3. The molecular weight excluding hydrogens is 434 g/mol. The molecule has 1 rings (SSSR count). The number of benzene rings is 1. The number of esters is 1. The van der Waals surface area contributed by atoms with Crippen molar-refractivity contribution >= 4 is 35.3 Å². The van der Waals surface area contributed by atoms with Crippen LogP contribution >= 0.6 is 0 Å². The molecule has 0 radical (unpaired) electrons. The fraction of sp³-hybridized carbons (Fsp3) is 0.364. The maximum Gasteiger partial charge on any atom is 0.407 e. The molecule has 11 nitrogen and oxygen atoms in total. The Hall–Kier alpha value is -3.88. The predicted octanol–water partition coefficient (Wildman–Crippen LogP) is 0.328. The molecule has 0 aliphatic rings. The fourth-order valence-corrected chi connectivity index (χ4v) is 2.37. The van der Waals surface area contributed by atoms with E-state index in [1.807, 2.05) is 0 Å². The molecule has 0 unspecified atom stereocenters. The molecule has 178 valence electrons. The van der Waals surface area contributed by atoms with Crippen molar-refractivity contribution in [2.45, 2.75) is 13.0 Å². The molecule has 0 spiro atoms. The number of hydrogen-bond donors (Lipinski definition) is 3. The van der Waals surface area contributed by atoms with Gasteiger partial charge in [0.2, 0.25) is 0 Å². The Labute approximate surface area is 191 Å². The number of ether oxygens (including phenoxy) is 4. The van der Waals surface area contributed by atoms with Crippen LogP contribution in [0.4, 0.5) is 4.79 Å². The lowest BCUT2D eigenvalue weighted by Crippen LogP contribution is -2.25. The Bertz CT molecular complexity index is 876. The predicted molar refractivity (Wildman–Crippen MR) is 119 cm³/mol. The first-order chi connectivity index (χ1) is 15.9. The van der Waals surface area contributed by atoms with Gasteiger partial charge in [0.1, 0.15) is 24.6 Å². The van der Waals surface area contributed by atoms with Gasteiger partial charge in [-0.3, -0.25) is 0 Å². The highest BCUT2D eigenvalue weighted by atomic mass is 16.6.